The number of hydrogen-bond donors (Lipinski definition) is 4. The van der Waals surface area contributed by atoms with E-state index in [2.05, 4.69) is 17.5 Å². The molecule has 1 heterocycles. The minimum atomic E-state index is -1.21. The number of esters is 1. The van der Waals surface area contributed by atoms with Gasteiger partial charge in [0.25, 0.3) is 5.91 Å². The van der Waals surface area contributed by atoms with Gasteiger partial charge in [-0.15, -0.1) is 0 Å². The Morgan fingerprint density at radius 1 is 1.10 bits per heavy atom. The lowest BCUT2D eigenvalue weighted by Crippen LogP contribution is -2.68. The fraction of sp³-hybridized carbons (Fsp3) is 0.633. The molecule has 1 aromatic carbocycles. The summed E-state index contributed by atoms with van der Waals surface area (Å²) >= 11 is 12.2. The molecule has 0 bridgehead atoms. The summed E-state index contributed by atoms with van der Waals surface area (Å²) in [5.41, 5.74) is 0.345. The second-order valence-electron chi connectivity index (χ2n) is 12.8. The highest BCUT2D eigenvalue weighted by molar-refractivity contribution is 6.36. The number of carbonyl (C=O) groups is 2. The molecule has 4 N–H and O–H groups in total. The lowest BCUT2D eigenvalue weighted by molar-refractivity contribution is -0.237. The molecule has 0 aromatic heterocycles. The topological polar surface area (TPSA) is 128 Å². The molecule has 0 spiro atoms. The van der Waals surface area contributed by atoms with Gasteiger partial charge in [0.2, 0.25) is 0 Å². The van der Waals surface area contributed by atoms with Crippen molar-refractivity contribution in [1.29, 1.82) is 0 Å². The third kappa shape index (κ3) is 4.09. The number of ether oxygens (including phenoxy) is 1. The molecule has 0 radical (unpaired) electrons. The van der Waals surface area contributed by atoms with E-state index in [1.54, 1.807) is 18.4 Å². The molecule has 4 fully saturated rings. The molecule has 1 aromatic rings. The van der Waals surface area contributed by atoms with Crippen LogP contribution in [-0.2, 0) is 9.53 Å². The molecule has 5 aliphatic rings. The fourth-order valence-corrected chi connectivity index (χ4v) is 9.79. The van der Waals surface area contributed by atoms with E-state index in [1.165, 1.54) is 12.1 Å². The summed E-state index contributed by atoms with van der Waals surface area (Å²) in [5.74, 6) is -0.935. The number of aliphatic hydroxyl groups excluding tert-OH is 1. The van der Waals surface area contributed by atoms with Crippen molar-refractivity contribution in [3.63, 3.8) is 0 Å². The van der Waals surface area contributed by atoms with Gasteiger partial charge in [-0.05, 0) is 92.9 Å². The third-order valence-corrected chi connectivity index (χ3v) is 11.8. The van der Waals surface area contributed by atoms with Crippen molar-refractivity contribution in [2.75, 3.05) is 6.61 Å². The molecule has 216 valence electrons. The standard InChI is InChI=1S/C30H36Cl2N2O6/c1-27-8-5-22-23(30(27,39)11-7-21(27)17-12-25(36)40-15-17)6-10-29(38)14-19(35)4-9-28(22,29)16-33-34-26(37)20-3-2-18(31)13-24(20)32/h2-3,12-13,16,19,21-23,35,38-39H,4-11,14-15H2,1H3,(H,34,37)/b33-16-/t19-,21-,22+,23-,27-,28+,29-,30-/m1/s1. The normalized spacial score (nSPS) is 42.5. The summed E-state index contributed by atoms with van der Waals surface area (Å²) in [6.07, 6.45) is 7.80. The number of amides is 1. The van der Waals surface area contributed by atoms with Crippen LogP contribution in [0.5, 0.6) is 0 Å². The monoisotopic (exact) mass is 590 g/mol. The Balaban J connectivity index is 1.32. The highest BCUT2D eigenvalue weighted by atomic mass is 35.5. The van der Waals surface area contributed by atoms with Crippen molar-refractivity contribution >= 4 is 41.3 Å². The number of rotatable bonds is 4. The molecule has 0 saturated heterocycles. The second-order valence-corrected chi connectivity index (χ2v) is 13.7. The number of aliphatic hydroxyl groups is 3. The Hall–Kier alpha value is -1.97. The average Bonchev–Trinajstić information content (AvgIpc) is 3.43. The van der Waals surface area contributed by atoms with E-state index in [9.17, 15) is 24.9 Å². The number of hydrogen-bond acceptors (Lipinski definition) is 7. The van der Waals surface area contributed by atoms with Crippen LogP contribution in [-0.4, -0.2) is 57.3 Å². The van der Waals surface area contributed by atoms with E-state index in [4.69, 9.17) is 27.9 Å². The van der Waals surface area contributed by atoms with E-state index in [0.717, 1.165) is 24.8 Å². The Morgan fingerprint density at radius 2 is 1.88 bits per heavy atom. The highest BCUT2D eigenvalue weighted by Gasteiger charge is 2.71. The van der Waals surface area contributed by atoms with E-state index >= 15 is 0 Å². The van der Waals surface area contributed by atoms with Gasteiger partial charge >= 0.3 is 5.97 Å². The smallest absolute Gasteiger partial charge is 0.331 e. The van der Waals surface area contributed by atoms with Crippen LogP contribution in [0.1, 0.15) is 75.1 Å². The van der Waals surface area contributed by atoms with Crippen LogP contribution in [0.4, 0.5) is 0 Å². The number of fused-ring (bicyclic) bond motifs is 5. The molecule has 0 unspecified atom stereocenters. The zero-order valence-electron chi connectivity index (χ0n) is 22.5. The first-order valence-electron chi connectivity index (χ1n) is 14.2. The van der Waals surface area contributed by atoms with Crippen LogP contribution in [0.15, 0.2) is 34.9 Å². The SMILES string of the molecule is C[C@]12CC[C@H]3[C@@H](CC[C@@]4(O)C[C@H](O)CC[C@]34/C=N\NC(=O)c3ccc(Cl)cc3Cl)[C@]1(O)CC[C@@H]2C1=CC(=O)OC1. The number of carbonyl (C=O) groups excluding carboxylic acids is 2. The van der Waals surface area contributed by atoms with Crippen molar-refractivity contribution in [3.8, 4) is 0 Å². The first kappa shape index (κ1) is 28.2. The van der Waals surface area contributed by atoms with Gasteiger partial charge in [0.1, 0.15) is 6.61 Å². The minimum Gasteiger partial charge on any atom is -0.458 e. The summed E-state index contributed by atoms with van der Waals surface area (Å²) in [6.45, 7) is 2.43. The Morgan fingerprint density at radius 3 is 2.60 bits per heavy atom. The maximum absolute atomic E-state index is 12.9. The molecule has 8 atom stereocenters. The third-order valence-electron chi connectivity index (χ3n) is 11.3. The molecule has 40 heavy (non-hydrogen) atoms. The average molecular weight is 592 g/mol. The molecule has 4 saturated carbocycles. The van der Waals surface area contributed by atoms with Gasteiger partial charge in [-0.3, -0.25) is 4.79 Å². The maximum atomic E-state index is 12.9. The molecular formula is C30H36Cl2N2O6. The van der Waals surface area contributed by atoms with Gasteiger partial charge in [0.05, 0.1) is 27.9 Å². The number of benzene rings is 1. The van der Waals surface area contributed by atoms with Crippen LogP contribution >= 0.6 is 23.2 Å². The summed E-state index contributed by atoms with van der Waals surface area (Å²) in [7, 11) is 0. The molecular weight excluding hydrogens is 555 g/mol. The van der Waals surface area contributed by atoms with Gasteiger partial charge in [-0.1, -0.05) is 30.1 Å². The van der Waals surface area contributed by atoms with Crippen molar-refractivity contribution in [2.24, 2.45) is 33.7 Å². The zero-order chi connectivity index (χ0) is 28.5. The first-order chi connectivity index (χ1) is 18.9. The Kier molecular flexibility index (Phi) is 6.90. The van der Waals surface area contributed by atoms with Crippen molar-refractivity contribution < 1.29 is 29.6 Å². The van der Waals surface area contributed by atoms with Crippen LogP contribution in [0, 0.1) is 28.6 Å². The summed E-state index contributed by atoms with van der Waals surface area (Å²) < 4.78 is 5.22. The van der Waals surface area contributed by atoms with Gasteiger partial charge in [-0.25, -0.2) is 10.2 Å². The second kappa shape index (κ2) is 9.80. The van der Waals surface area contributed by atoms with Crippen LogP contribution in [0.3, 0.4) is 0 Å². The lowest BCUT2D eigenvalue weighted by atomic mass is 9.41. The number of nitrogens with zero attached hydrogens (tertiary/aromatic N) is 1. The van der Waals surface area contributed by atoms with Gasteiger partial charge in [0.15, 0.2) is 0 Å². The molecule has 1 aliphatic heterocycles. The van der Waals surface area contributed by atoms with Crippen LogP contribution in [0.25, 0.3) is 0 Å². The fourth-order valence-electron chi connectivity index (χ4n) is 9.30. The van der Waals surface area contributed by atoms with Crippen molar-refractivity contribution in [3.05, 3.63) is 45.5 Å². The highest BCUT2D eigenvalue weighted by Crippen LogP contribution is 2.70. The lowest BCUT2D eigenvalue weighted by Gasteiger charge is -2.65. The molecule has 1 amide bonds. The van der Waals surface area contributed by atoms with Gasteiger partial charge < -0.3 is 20.1 Å². The molecule has 8 nitrogen and oxygen atoms in total. The van der Waals surface area contributed by atoms with E-state index in [0.29, 0.717) is 37.1 Å². The maximum Gasteiger partial charge on any atom is 0.331 e. The molecule has 10 heteroatoms. The van der Waals surface area contributed by atoms with Crippen LogP contribution in [0.2, 0.25) is 10.0 Å². The Bertz CT molecular complexity index is 1300. The number of hydrazone groups is 1. The number of nitrogens with one attached hydrogen (secondary N) is 1. The zero-order valence-corrected chi connectivity index (χ0v) is 24.0. The van der Waals surface area contributed by atoms with Crippen LogP contribution < -0.4 is 5.43 Å². The van der Waals surface area contributed by atoms with Gasteiger partial charge in [0, 0.05) is 34.6 Å². The number of halogens is 2. The van der Waals surface area contributed by atoms with Crippen molar-refractivity contribution in [1.82, 2.24) is 5.43 Å². The summed E-state index contributed by atoms with van der Waals surface area (Å²) in [6, 6.07) is 4.60. The predicted octanol–water partition coefficient (Wildman–Crippen LogP) is 4.42. The summed E-state index contributed by atoms with van der Waals surface area (Å²) in [5, 5.41) is 40.2. The van der Waals surface area contributed by atoms with E-state index in [-0.39, 0.29) is 47.3 Å². The van der Waals surface area contributed by atoms with Gasteiger partial charge in [-0.2, -0.15) is 5.10 Å². The quantitative estimate of drug-likeness (QED) is 0.233. The number of cyclic esters (lactones) is 1. The molecule has 6 rings (SSSR count). The van der Waals surface area contributed by atoms with E-state index in [1.807, 2.05) is 0 Å². The largest absolute Gasteiger partial charge is 0.458 e. The Labute approximate surface area is 243 Å². The predicted molar refractivity (Wildman–Crippen MR) is 150 cm³/mol. The van der Waals surface area contributed by atoms with Crippen molar-refractivity contribution in [2.45, 2.75) is 82.0 Å². The van der Waals surface area contributed by atoms with E-state index < -0.39 is 34.0 Å². The first-order valence-corrected chi connectivity index (χ1v) is 15.0. The molecule has 4 aliphatic carbocycles. The summed E-state index contributed by atoms with van der Waals surface area (Å²) in [4.78, 5) is 24.7. The minimum absolute atomic E-state index is 0.0620.